The van der Waals surface area contributed by atoms with Crippen LogP contribution in [0.15, 0.2) is 34.8 Å². The number of aliphatic hydroxyl groups is 1. The molecule has 0 bridgehead atoms. The van der Waals surface area contributed by atoms with Gasteiger partial charge in [-0.1, -0.05) is 22.0 Å². The van der Waals surface area contributed by atoms with E-state index in [9.17, 15) is 5.11 Å². The Morgan fingerprint density at radius 3 is 2.62 bits per heavy atom. The molecular weight excluding hydrogens is 270 g/mol. The van der Waals surface area contributed by atoms with E-state index in [1.165, 1.54) is 0 Å². The van der Waals surface area contributed by atoms with Crippen molar-refractivity contribution >= 4 is 26.7 Å². The number of fused-ring (bicyclic) bond motifs is 1. The van der Waals surface area contributed by atoms with Crippen molar-refractivity contribution in [2.24, 2.45) is 5.73 Å². The van der Waals surface area contributed by atoms with Gasteiger partial charge in [-0.15, -0.1) is 0 Å². The summed E-state index contributed by atoms with van der Waals surface area (Å²) in [6.45, 7) is -0.187. The number of rotatable bonds is 2. The lowest BCUT2D eigenvalue weighted by Gasteiger charge is -2.12. The van der Waals surface area contributed by atoms with E-state index in [1.807, 2.05) is 18.2 Å². The van der Waals surface area contributed by atoms with Crippen LogP contribution < -0.4 is 5.73 Å². The highest BCUT2D eigenvalue weighted by atomic mass is 79.9. The maximum atomic E-state index is 9.78. The number of phenolic OH excluding ortho intramolecular Hbond substituents is 1. The molecule has 2 rings (SSSR count). The topological polar surface area (TPSA) is 66.5 Å². The van der Waals surface area contributed by atoms with Crippen LogP contribution in [0.3, 0.4) is 0 Å². The molecular formula is C12H12BrNO2. The molecule has 2 aromatic carbocycles. The van der Waals surface area contributed by atoms with Gasteiger partial charge < -0.3 is 15.9 Å². The van der Waals surface area contributed by atoms with Crippen molar-refractivity contribution in [3.8, 4) is 5.75 Å². The molecule has 1 unspecified atom stereocenters. The Labute approximate surface area is 102 Å². The zero-order chi connectivity index (χ0) is 11.7. The fraction of sp³-hybridized carbons (Fsp3) is 0.167. The van der Waals surface area contributed by atoms with Crippen LogP contribution in [0, 0.1) is 0 Å². The monoisotopic (exact) mass is 281 g/mol. The second-order valence-electron chi connectivity index (χ2n) is 3.69. The second-order valence-corrected chi connectivity index (χ2v) is 4.61. The van der Waals surface area contributed by atoms with Crippen molar-refractivity contribution in [3.05, 3.63) is 40.4 Å². The van der Waals surface area contributed by atoms with E-state index in [0.29, 0.717) is 5.56 Å². The van der Waals surface area contributed by atoms with Gasteiger partial charge >= 0.3 is 0 Å². The third-order valence-corrected chi connectivity index (χ3v) is 3.04. The Morgan fingerprint density at radius 2 is 1.94 bits per heavy atom. The van der Waals surface area contributed by atoms with Gasteiger partial charge in [-0.2, -0.15) is 0 Å². The lowest BCUT2D eigenvalue weighted by Crippen LogP contribution is -2.14. The van der Waals surface area contributed by atoms with E-state index in [1.54, 1.807) is 12.1 Å². The maximum absolute atomic E-state index is 9.78. The van der Waals surface area contributed by atoms with Gasteiger partial charge in [-0.3, -0.25) is 0 Å². The number of hydrogen-bond donors (Lipinski definition) is 3. The summed E-state index contributed by atoms with van der Waals surface area (Å²) in [6.07, 6.45) is 0. The van der Waals surface area contributed by atoms with Gasteiger partial charge in [0, 0.05) is 10.0 Å². The van der Waals surface area contributed by atoms with Crippen LogP contribution in [0.2, 0.25) is 0 Å². The predicted octanol–water partition coefficient (Wildman–Crippen LogP) is 2.30. The molecule has 0 aromatic heterocycles. The number of phenols is 1. The summed E-state index contributed by atoms with van der Waals surface area (Å²) >= 11 is 3.39. The van der Waals surface area contributed by atoms with E-state index in [0.717, 1.165) is 15.2 Å². The highest BCUT2D eigenvalue weighted by molar-refractivity contribution is 9.10. The Bertz CT molecular complexity index is 528. The molecule has 16 heavy (non-hydrogen) atoms. The minimum absolute atomic E-state index is 0.122. The minimum Gasteiger partial charge on any atom is -0.508 e. The normalized spacial score (nSPS) is 12.9. The molecule has 3 nitrogen and oxygen atoms in total. The molecule has 0 amide bonds. The zero-order valence-corrected chi connectivity index (χ0v) is 10.1. The van der Waals surface area contributed by atoms with E-state index in [2.05, 4.69) is 15.9 Å². The highest BCUT2D eigenvalue weighted by Gasteiger charge is 2.11. The third-order valence-electron chi connectivity index (χ3n) is 2.54. The Kier molecular flexibility index (Phi) is 3.14. The van der Waals surface area contributed by atoms with Crippen molar-refractivity contribution in [2.45, 2.75) is 6.04 Å². The number of nitrogens with two attached hydrogens (primary N) is 1. The van der Waals surface area contributed by atoms with Crippen LogP contribution in [0.4, 0.5) is 0 Å². The van der Waals surface area contributed by atoms with E-state index in [-0.39, 0.29) is 12.4 Å². The van der Waals surface area contributed by atoms with Gasteiger partial charge in [0.2, 0.25) is 0 Å². The number of halogens is 1. The van der Waals surface area contributed by atoms with Crippen LogP contribution in [-0.4, -0.2) is 16.8 Å². The van der Waals surface area contributed by atoms with Gasteiger partial charge in [0.1, 0.15) is 5.75 Å². The number of aliphatic hydroxyl groups excluding tert-OH is 1. The van der Waals surface area contributed by atoms with Gasteiger partial charge in [-0.25, -0.2) is 0 Å². The summed E-state index contributed by atoms with van der Waals surface area (Å²) in [6, 6.07) is 8.68. The zero-order valence-electron chi connectivity index (χ0n) is 8.52. The van der Waals surface area contributed by atoms with Crippen molar-refractivity contribution in [3.63, 3.8) is 0 Å². The smallest absolute Gasteiger partial charge is 0.121 e. The SMILES string of the molecule is NC(CO)c1cc2cc(Br)ccc2cc1O. The van der Waals surface area contributed by atoms with Crippen molar-refractivity contribution < 1.29 is 10.2 Å². The molecule has 0 fully saturated rings. The summed E-state index contributed by atoms with van der Waals surface area (Å²) in [7, 11) is 0. The Balaban J connectivity index is 2.64. The van der Waals surface area contributed by atoms with E-state index < -0.39 is 6.04 Å². The van der Waals surface area contributed by atoms with Crippen LogP contribution in [0.25, 0.3) is 10.8 Å². The molecule has 1 atom stereocenters. The molecule has 4 N–H and O–H groups in total. The largest absolute Gasteiger partial charge is 0.508 e. The van der Waals surface area contributed by atoms with Crippen molar-refractivity contribution in [2.75, 3.05) is 6.61 Å². The standard InChI is InChI=1S/C12H12BrNO2/c13-9-2-1-7-5-12(16)10(11(14)6-15)4-8(7)3-9/h1-5,11,15-16H,6,14H2. The molecule has 0 radical (unpaired) electrons. The Morgan fingerprint density at radius 1 is 1.19 bits per heavy atom. The fourth-order valence-corrected chi connectivity index (χ4v) is 2.05. The first-order valence-corrected chi connectivity index (χ1v) is 5.69. The van der Waals surface area contributed by atoms with E-state index >= 15 is 0 Å². The van der Waals surface area contributed by atoms with Crippen LogP contribution in [0.1, 0.15) is 11.6 Å². The average Bonchev–Trinajstić information content (AvgIpc) is 2.28. The molecule has 0 aliphatic rings. The van der Waals surface area contributed by atoms with Crippen LogP contribution in [0.5, 0.6) is 5.75 Å². The summed E-state index contributed by atoms with van der Waals surface area (Å²) in [5.41, 5.74) is 6.27. The summed E-state index contributed by atoms with van der Waals surface area (Å²) in [5, 5.41) is 20.7. The van der Waals surface area contributed by atoms with Crippen molar-refractivity contribution in [1.82, 2.24) is 0 Å². The van der Waals surface area contributed by atoms with Crippen LogP contribution >= 0.6 is 15.9 Å². The summed E-state index contributed by atoms with van der Waals surface area (Å²) in [4.78, 5) is 0. The second kappa shape index (κ2) is 4.41. The van der Waals surface area contributed by atoms with Gasteiger partial charge in [0.15, 0.2) is 0 Å². The number of benzene rings is 2. The first kappa shape index (κ1) is 11.4. The molecule has 2 aromatic rings. The predicted molar refractivity (Wildman–Crippen MR) is 67.3 cm³/mol. The van der Waals surface area contributed by atoms with Gasteiger partial charge in [0.25, 0.3) is 0 Å². The molecule has 0 saturated carbocycles. The van der Waals surface area contributed by atoms with Crippen molar-refractivity contribution in [1.29, 1.82) is 0 Å². The maximum Gasteiger partial charge on any atom is 0.121 e. The molecule has 4 heteroatoms. The first-order chi connectivity index (χ1) is 7.61. The quantitative estimate of drug-likeness (QED) is 0.791. The fourth-order valence-electron chi connectivity index (χ4n) is 1.67. The third kappa shape index (κ3) is 2.04. The first-order valence-electron chi connectivity index (χ1n) is 4.90. The number of hydrogen-bond acceptors (Lipinski definition) is 3. The molecule has 0 saturated heterocycles. The number of aromatic hydroxyl groups is 1. The summed E-state index contributed by atoms with van der Waals surface area (Å²) in [5.74, 6) is 0.122. The molecule has 0 heterocycles. The molecule has 0 spiro atoms. The van der Waals surface area contributed by atoms with Gasteiger partial charge in [-0.05, 0) is 35.0 Å². The minimum atomic E-state index is -0.552. The Hall–Kier alpha value is -1.10. The lowest BCUT2D eigenvalue weighted by atomic mass is 10.0. The highest BCUT2D eigenvalue weighted by Crippen LogP contribution is 2.30. The molecule has 0 aliphatic heterocycles. The van der Waals surface area contributed by atoms with E-state index in [4.69, 9.17) is 10.8 Å². The summed E-state index contributed by atoms with van der Waals surface area (Å²) < 4.78 is 0.967. The average molecular weight is 282 g/mol. The lowest BCUT2D eigenvalue weighted by molar-refractivity contribution is 0.265. The molecule has 84 valence electrons. The molecule has 0 aliphatic carbocycles. The van der Waals surface area contributed by atoms with Gasteiger partial charge in [0.05, 0.1) is 12.6 Å². The van der Waals surface area contributed by atoms with Crippen LogP contribution in [-0.2, 0) is 0 Å².